The summed E-state index contributed by atoms with van der Waals surface area (Å²) < 4.78 is 0. The molecular formula is C15H19NO3S2. The number of aliphatic carboxylic acids is 1. The Morgan fingerprint density at radius 2 is 2.29 bits per heavy atom. The maximum atomic E-state index is 12.3. The Morgan fingerprint density at radius 1 is 1.48 bits per heavy atom. The van der Waals surface area contributed by atoms with E-state index < -0.39 is 5.97 Å². The highest BCUT2D eigenvalue weighted by Crippen LogP contribution is 2.27. The number of thiophene rings is 1. The van der Waals surface area contributed by atoms with Crippen LogP contribution in [0.25, 0.3) is 6.08 Å². The molecule has 4 nitrogen and oxygen atoms in total. The number of carboxylic acids is 1. The van der Waals surface area contributed by atoms with Crippen LogP contribution >= 0.6 is 23.1 Å². The molecule has 1 aliphatic carbocycles. The lowest BCUT2D eigenvalue weighted by atomic mass is 9.95. The molecule has 1 heterocycles. The van der Waals surface area contributed by atoms with Crippen molar-refractivity contribution in [3.63, 3.8) is 0 Å². The van der Waals surface area contributed by atoms with Crippen LogP contribution < -0.4 is 5.32 Å². The van der Waals surface area contributed by atoms with Crippen molar-refractivity contribution in [2.24, 2.45) is 0 Å². The topological polar surface area (TPSA) is 66.4 Å². The molecule has 0 spiro atoms. The van der Waals surface area contributed by atoms with Gasteiger partial charge >= 0.3 is 5.97 Å². The van der Waals surface area contributed by atoms with E-state index in [4.69, 9.17) is 5.11 Å². The lowest BCUT2D eigenvalue weighted by Gasteiger charge is -2.28. The summed E-state index contributed by atoms with van der Waals surface area (Å²) in [5.74, 6) is -1.11. The van der Waals surface area contributed by atoms with E-state index in [9.17, 15) is 9.59 Å². The van der Waals surface area contributed by atoms with Crippen molar-refractivity contribution in [1.29, 1.82) is 0 Å². The predicted molar refractivity (Wildman–Crippen MR) is 88.0 cm³/mol. The summed E-state index contributed by atoms with van der Waals surface area (Å²) in [6.07, 6.45) is 9.05. The van der Waals surface area contributed by atoms with Crippen molar-refractivity contribution in [3.8, 4) is 0 Å². The maximum absolute atomic E-state index is 12.3. The highest BCUT2D eigenvalue weighted by molar-refractivity contribution is 7.99. The fourth-order valence-corrected chi connectivity index (χ4v) is 4.15. The molecular weight excluding hydrogens is 306 g/mol. The number of amides is 1. The molecule has 1 fully saturated rings. The Bertz CT molecular complexity index is 539. The minimum atomic E-state index is -1.01. The molecule has 0 radical (unpaired) electrons. The van der Waals surface area contributed by atoms with E-state index in [0.717, 1.165) is 25.3 Å². The Balaban J connectivity index is 2.00. The summed E-state index contributed by atoms with van der Waals surface area (Å²) in [5, 5.41) is 14.2. The van der Waals surface area contributed by atoms with Gasteiger partial charge in [-0.3, -0.25) is 4.79 Å². The van der Waals surface area contributed by atoms with Crippen molar-refractivity contribution >= 4 is 41.1 Å². The molecule has 2 N–H and O–H groups in total. The molecule has 0 saturated heterocycles. The maximum Gasteiger partial charge on any atom is 0.328 e. The molecule has 0 aromatic carbocycles. The zero-order valence-electron chi connectivity index (χ0n) is 11.9. The van der Waals surface area contributed by atoms with Gasteiger partial charge in [0.15, 0.2) is 0 Å². The first-order valence-electron chi connectivity index (χ1n) is 6.92. The lowest BCUT2D eigenvalue weighted by molar-refractivity contribution is -0.131. The van der Waals surface area contributed by atoms with Crippen molar-refractivity contribution in [2.75, 3.05) is 6.26 Å². The molecule has 114 valence electrons. The van der Waals surface area contributed by atoms with Crippen LogP contribution in [-0.2, 0) is 4.79 Å². The smallest absolute Gasteiger partial charge is 0.328 e. The van der Waals surface area contributed by atoms with Crippen molar-refractivity contribution in [3.05, 3.63) is 28.0 Å². The number of nitrogens with one attached hydrogen (secondary N) is 1. The molecule has 0 bridgehead atoms. The SMILES string of the molecule is CSC1CCCC(NC(=O)c2sccc2/C=C/C(=O)O)C1. The summed E-state index contributed by atoms with van der Waals surface area (Å²) >= 11 is 3.21. The number of carboxylic acid groups (broad SMARTS) is 1. The van der Waals surface area contributed by atoms with Gasteiger partial charge in [0.1, 0.15) is 0 Å². The van der Waals surface area contributed by atoms with Gasteiger partial charge in [-0.05, 0) is 48.6 Å². The first-order chi connectivity index (χ1) is 10.1. The Labute approximate surface area is 132 Å². The van der Waals surface area contributed by atoms with Crippen LogP contribution in [0, 0.1) is 0 Å². The average molecular weight is 325 g/mol. The normalized spacial score (nSPS) is 22.3. The highest BCUT2D eigenvalue weighted by atomic mass is 32.2. The average Bonchev–Trinajstić information content (AvgIpc) is 2.93. The van der Waals surface area contributed by atoms with Gasteiger partial charge in [-0.15, -0.1) is 11.3 Å². The minimum Gasteiger partial charge on any atom is -0.478 e. The third-order valence-electron chi connectivity index (χ3n) is 3.60. The van der Waals surface area contributed by atoms with Crippen LogP contribution in [0.3, 0.4) is 0 Å². The summed E-state index contributed by atoms with van der Waals surface area (Å²) in [6, 6.07) is 1.99. The van der Waals surface area contributed by atoms with E-state index in [1.165, 1.54) is 23.8 Å². The van der Waals surface area contributed by atoms with Gasteiger partial charge in [0, 0.05) is 17.4 Å². The molecule has 2 rings (SSSR count). The molecule has 0 aliphatic heterocycles. The van der Waals surface area contributed by atoms with E-state index >= 15 is 0 Å². The molecule has 1 saturated carbocycles. The zero-order valence-corrected chi connectivity index (χ0v) is 13.5. The number of thioether (sulfide) groups is 1. The van der Waals surface area contributed by atoms with Gasteiger partial charge in [-0.2, -0.15) is 11.8 Å². The van der Waals surface area contributed by atoms with E-state index in [1.807, 2.05) is 17.1 Å². The lowest BCUT2D eigenvalue weighted by Crippen LogP contribution is -2.39. The monoisotopic (exact) mass is 325 g/mol. The Morgan fingerprint density at radius 3 is 3.00 bits per heavy atom. The van der Waals surface area contributed by atoms with Gasteiger partial charge in [-0.25, -0.2) is 4.79 Å². The van der Waals surface area contributed by atoms with Gasteiger partial charge in [-0.1, -0.05) is 6.42 Å². The second-order valence-corrected chi connectivity index (χ2v) is 7.13. The van der Waals surface area contributed by atoms with E-state index in [1.54, 1.807) is 6.07 Å². The van der Waals surface area contributed by atoms with Crippen LogP contribution in [-0.4, -0.2) is 34.5 Å². The first kappa shape index (κ1) is 16.1. The number of carbonyl (C=O) groups excluding carboxylic acids is 1. The molecule has 1 aromatic rings. The van der Waals surface area contributed by atoms with Crippen LogP contribution in [0.4, 0.5) is 0 Å². The van der Waals surface area contributed by atoms with Crippen molar-refractivity contribution in [2.45, 2.75) is 37.0 Å². The first-order valence-corrected chi connectivity index (χ1v) is 9.09. The number of hydrogen-bond donors (Lipinski definition) is 2. The van der Waals surface area contributed by atoms with Gasteiger partial charge in [0.25, 0.3) is 5.91 Å². The molecule has 1 aliphatic rings. The van der Waals surface area contributed by atoms with E-state index in [2.05, 4.69) is 11.6 Å². The second kappa shape index (κ2) is 7.66. The molecule has 21 heavy (non-hydrogen) atoms. The largest absolute Gasteiger partial charge is 0.478 e. The number of rotatable bonds is 5. The predicted octanol–water partition coefficient (Wildman–Crippen LogP) is 3.25. The summed E-state index contributed by atoms with van der Waals surface area (Å²) in [5.41, 5.74) is 0.664. The fraction of sp³-hybridized carbons (Fsp3) is 0.467. The van der Waals surface area contributed by atoms with Crippen LogP contribution in [0.5, 0.6) is 0 Å². The molecule has 1 aromatic heterocycles. The quantitative estimate of drug-likeness (QED) is 0.816. The van der Waals surface area contributed by atoms with E-state index in [0.29, 0.717) is 15.7 Å². The van der Waals surface area contributed by atoms with Crippen LogP contribution in [0.2, 0.25) is 0 Å². The third-order valence-corrected chi connectivity index (χ3v) is 5.63. The van der Waals surface area contributed by atoms with Crippen LogP contribution in [0.15, 0.2) is 17.5 Å². The third kappa shape index (κ3) is 4.61. The minimum absolute atomic E-state index is 0.0956. The standard InChI is InChI=1S/C15H19NO3S2/c1-20-12-4-2-3-11(9-12)16-15(19)14-10(7-8-21-14)5-6-13(17)18/h5-8,11-12H,2-4,9H2,1H3,(H,16,19)(H,17,18)/b6-5+. The van der Waals surface area contributed by atoms with Gasteiger partial charge in [0.2, 0.25) is 0 Å². The molecule has 2 atom stereocenters. The fourth-order valence-electron chi connectivity index (χ4n) is 2.54. The second-order valence-electron chi connectivity index (χ2n) is 5.07. The van der Waals surface area contributed by atoms with Crippen molar-refractivity contribution < 1.29 is 14.7 Å². The molecule has 6 heteroatoms. The molecule has 1 amide bonds. The van der Waals surface area contributed by atoms with Gasteiger partial charge < -0.3 is 10.4 Å². The summed E-state index contributed by atoms with van der Waals surface area (Å²) in [7, 11) is 0. The molecule has 2 unspecified atom stereocenters. The number of carbonyl (C=O) groups is 2. The summed E-state index contributed by atoms with van der Waals surface area (Å²) in [4.78, 5) is 23.5. The summed E-state index contributed by atoms with van der Waals surface area (Å²) in [6.45, 7) is 0. The van der Waals surface area contributed by atoms with E-state index in [-0.39, 0.29) is 11.9 Å². The zero-order chi connectivity index (χ0) is 15.2. The van der Waals surface area contributed by atoms with Gasteiger partial charge in [0.05, 0.1) is 4.88 Å². The Kier molecular flexibility index (Phi) is 5.87. The Hall–Kier alpha value is -1.27. The number of hydrogen-bond acceptors (Lipinski definition) is 4. The highest BCUT2D eigenvalue weighted by Gasteiger charge is 2.23. The van der Waals surface area contributed by atoms with Crippen molar-refractivity contribution in [1.82, 2.24) is 5.32 Å². The van der Waals surface area contributed by atoms with Crippen LogP contribution in [0.1, 0.15) is 40.9 Å².